The van der Waals surface area contributed by atoms with E-state index >= 15 is 0 Å². The van der Waals surface area contributed by atoms with Crippen LogP contribution in [0.15, 0.2) is 24.3 Å². The minimum absolute atomic E-state index is 0.0704. The van der Waals surface area contributed by atoms with Crippen LogP contribution in [-0.2, 0) is 15.3 Å². The van der Waals surface area contributed by atoms with Gasteiger partial charge in [-0.1, -0.05) is 29.8 Å². The molecule has 1 aliphatic rings. The zero-order chi connectivity index (χ0) is 15.5. The van der Waals surface area contributed by atoms with Crippen molar-refractivity contribution < 1.29 is 14.7 Å². The lowest BCUT2D eigenvalue weighted by Crippen LogP contribution is -2.54. The van der Waals surface area contributed by atoms with Gasteiger partial charge in [0.1, 0.15) is 5.54 Å². The number of thioether (sulfide) groups is 1. The molecule has 1 aliphatic carbocycles. The zero-order valence-corrected chi connectivity index (χ0v) is 13.2. The molecule has 1 atom stereocenters. The minimum atomic E-state index is -1.11. The molecule has 114 valence electrons. The first-order valence-electron chi connectivity index (χ1n) is 7.09. The van der Waals surface area contributed by atoms with E-state index in [1.165, 1.54) is 22.9 Å². The second-order valence-electron chi connectivity index (χ2n) is 5.81. The molecule has 0 aliphatic heterocycles. The van der Waals surface area contributed by atoms with Crippen LogP contribution in [0.2, 0.25) is 0 Å². The van der Waals surface area contributed by atoms with Crippen LogP contribution in [0.25, 0.3) is 0 Å². The van der Waals surface area contributed by atoms with Gasteiger partial charge in [-0.3, -0.25) is 4.79 Å². The maximum atomic E-state index is 11.9. The maximum absolute atomic E-state index is 11.9. The zero-order valence-electron chi connectivity index (χ0n) is 12.4. The Morgan fingerprint density at radius 2 is 1.95 bits per heavy atom. The summed E-state index contributed by atoms with van der Waals surface area (Å²) in [6, 6.07) is 8.19. The van der Waals surface area contributed by atoms with Crippen LogP contribution in [0, 0.1) is 12.8 Å². The number of carboxylic acids is 1. The van der Waals surface area contributed by atoms with Crippen LogP contribution in [-0.4, -0.2) is 28.3 Å². The van der Waals surface area contributed by atoms with Crippen molar-refractivity contribution in [2.24, 2.45) is 5.92 Å². The molecule has 1 unspecified atom stereocenters. The van der Waals surface area contributed by atoms with Crippen molar-refractivity contribution in [3.05, 3.63) is 35.4 Å². The van der Waals surface area contributed by atoms with Crippen LogP contribution < -0.4 is 5.32 Å². The van der Waals surface area contributed by atoms with Gasteiger partial charge in [-0.05, 0) is 38.2 Å². The Kier molecular flexibility index (Phi) is 4.93. The lowest BCUT2D eigenvalue weighted by molar-refractivity contribution is -0.147. The number of aryl methyl sites for hydroxylation is 1. The summed E-state index contributed by atoms with van der Waals surface area (Å²) in [7, 11) is 0. The van der Waals surface area contributed by atoms with Crippen molar-refractivity contribution >= 4 is 23.6 Å². The Morgan fingerprint density at radius 1 is 1.33 bits per heavy atom. The number of nitrogens with one attached hydrogen (secondary N) is 1. The van der Waals surface area contributed by atoms with Crippen LogP contribution in [0.5, 0.6) is 0 Å². The van der Waals surface area contributed by atoms with E-state index < -0.39 is 11.5 Å². The van der Waals surface area contributed by atoms with E-state index in [2.05, 4.69) is 5.32 Å². The summed E-state index contributed by atoms with van der Waals surface area (Å²) in [5.74, 6) is -0.0449. The number of carboxylic acid groups (broad SMARTS) is 1. The van der Waals surface area contributed by atoms with Crippen LogP contribution in [0.3, 0.4) is 0 Å². The SMILES string of the molecule is Cc1ccc(CSCC(=O)NC(C)(C(=O)O)C2CC2)cc1. The molecule has 2 rings (SSSR count). The molecule has 4 nitrogen and oxygen atoms in total. The monoisotopic (exact) mass is 307 g/mol. The van der Waals surface area contributed by atoms with E-state index in [0.717, 1.165) is 18.6 Å². The molecule has 1 aromatic carbocycles. The van der Waals surface area contributed by atoms with Crippen LogP contribution in [0.1, 0.15) is 30.9 Å². The largest absolute Gasteiger partial charge is 0.480 e. The van der Waals surface area contributed by atoms with Gasteiger partial charge in [0, 0.05) is 5.75 Å². The fourth-order valence-electron chi connectivity index (χ4n) is 2.26. The van der Waals surface area contributed by atoms with Gasteiger partial charge in [0.2, 0.25) is 5.91 Å². The maximum Gasteiger partial charge on any atom is 0.329 e. The molecule has 1 saturated carbocycles. The molecule has 0 saturated heterocycles. The molecule has 21 heavy (non-hydrogen) atoms. The van der Waals surface area contributed by atoms with E-state index in [0.29, 0.717) is 0 Å². The average molecular weight is 307 g/mol. The first kappa shape index (κ1) is 15.9. The van der Waals surface area contributed by atoms with Gasteiger partial charge >= 0.3 is 5.97 Å². The predicted octanol–water partition coefficient (Wildman–Crippen LogP) is 2.60. The number of aliphatic carboxylic acids is 1. The Morgan fingerprint density at radius 3 is 2.48 bits per heavy atom. The summed E-state index contributed by atoms with van der Waals surface area (Å²) in [5, 5.41) is 12.0. The normalized spacial score (nSPS) is 17.0. The van der Waals surface area contributed by atoms with E-state index in [1.807, 2.05) is 31.2 Å². The van der Waals surface area contributed by atoms with Crippen molar-refractivity contribution in [2.45, 2.75) is 38.0 Å². The van der Waals surface area contributed by atoms with Gasteiger partial charge in [0.05, 0.1) is 5.75 Å². The van der Waals surface area contributed by atoms with E-state index in [1.54, 1.807) is 6.92 Å². The van der Waals surface area contributed by atoms with Crippen molar-refractivity contribution in [2.75, 3.05) is 5.75 Å². The molecular formula is C16H21NO3S. The number of hydrogen-bond acceptors (Lipinski definition) is 3. The predicted molar refractivity (Wildman–Crippen MR) is 84.2 cm³/mol. The van der Waals surface area contributed by atoms with Crippen LogP contribution >= 0.6 is 11.8 Å². The second-order valence-corrected chi connectivity index (χ2v) is 6.79. The summed E-state index contributed by atoms with van der Waals surface area (Å²) in [4.78, 5) is 23.3. The molecule has 0 bridgehead atoms. The summed E-state index contributed by atoms with van der Waals surface area (Å²) < 4.78 is 0. The summed E-state index contributed by atoms with van der Waals surface area (Å²) in [5.41, 5.74) is 1.27. The Balaban J connectivity index is 1.79. The van der Waals surface area contributed by atoms with Crippen molar-refractivity contribution in [1.29, 1.82) is 0 Å². The van der Waals surface area contributed by atoms with Gasteiger partial charge in [0.25, 0.3) is 0 Å². The van der Waals surface area contributed by atoms with Gasteiger partial charge < -0.3 is 10.4 Å². The lowest BCUT2D eigenvalue weighted by Gasteiger charge is -2.26. The van der Waals surface area contributed by atoms with Crippen molar-refractivity contribution in [3.8, 4) is 0 Å². The summed E-state index contributed by atoms with van der Waals surface area (Å²) >= 11 is 1.50. The quantitative estimate of drug-likeness (QED) is 0.812. The molecule has 0 spiro atoms. The van der Waals surface area contributed by atoms with Gasteiger partial charge in [-0.15, -0.1) is 11.8 Å². The summed E-state index contributed by atoms with van der Waals surface area (Å²) in [6.07, 6.45) is 1.75. The highest BCUT2D eigenvalue weighted by Gasteiger charge is 2.48. The number of benzene rings is 1. The minimum Gasteiger partial charge on any atom is -0.480 e. The van der Waals surface area contributed by atoms with Crippen molar-refractivity contribution in [3.63, 3.8) is 0 Å². The molecule has 2 N–H and O–H groups in total. The number of rotatable bonds is 7. The topological polar surface area (TPSA) is 66.4 Å². The van der Waals surface area contributed by atoms with Crippen LogP contribution in [0.4, 0.5) is 0 Å². The third kappa shape index (κ3) is 4.24. The smallest absolute Gasteiger partial charge is 0.329 e. The number of carbonyl (C=O) groups is 2. The highest BCUT2D eigenvalue weighted by molar-refractivity contribution is 7.99. The first-order chi connectivity index (χ1) is 9.91. The third-order valence-electron chi connectivity index (χ3n) is 3.86. The molecular weight excluding hydrogens is 286 g/mol. The third-order valence-corrected chi connectivity index (χ3v) is 4.86. The lowest BCUT2D eigenvalue weighted by atomic mass is 9.96. The van der Waals surface area contributed by atoms with E-state index in [9.17, 15) is 14.7 Å². The Labute approximate surface area is 129 Å². The number of amides is 1. The van der Waals surface area contributed by atoms with Crippen molar-refractivity contribution in [1.82, 2.24) is 5.32 Å². The molecule has 1 amide bonds. The first-order valence-corrected chi connectivity index (χ1v) is 8.25. The average Bonchev–Trinajstić information content (AvgIpc) is 3.25. The van der Waals surface area contributed by atoms with Gasteiger partial charge in [-0.25, -0.2) is 4.79 Å². The standard InChI is InChI=1S/C16H21NO3S/c1-11-3-5-12(6-4-11)9-21-10-14(18)17-16(2,15(19)20)13-7-8-13/h3-6,13H,7-10H2,1-2H3,(H,17,18)(H,19,20). The molecule has 1 fully saturated rings. The Bertz CT molecular complexity index is 525. The number of hydrogen-bond donors (Lipinski definition) is 2. The van der Waals surface area contributed by atoms with Gasteiger partial charge in [-0.2, -0.15) is 0 Å². The molecule has 0 aromatic heterocycles. The van der Waals surface area contributed by atoms with E-state index in [-0.39, 0.29) is 17.6 Å². The van der Waals surface area contributed by atoms with Gasteiger partial charge in [0.15, 0.2) is 0 Å². The number of carbonyl (C=O) groups excluding carboxylic acids is 1. The molecule has 0 heterocycles. The Hall–Kier alpha value is -1.49. The molecule has 0 radical (unpaired) electrons. The molecule has 5 heteroatoms. The fraction of sp³-hybridized carbons (Fsp3) is 0.500. The second kappa shape index (κ2) is 6.52. The van der Waals surface area contributed by atoms with E-state index in [4.69, 9.17) is 0 Å². The molecule has 1 aromatic rings. The summed E-state index contributed by atoms with van der Waals surface area (Å²) in [6.45, 7) is 3.64. The fourth-order valence-corrected chi connectivity index (χ4v) is 3.05. The highest BCUT2D eigenvalue weighted by Crippen LogP contribution is 2.39. The highest BCUT2D eigenvalue weighted by atomic mass is 32.2.